The Hall–Kier alpha value is -3.05. The average Bonchev–Trinajstić information content (AvgIpc) is 3.15. The molecule has 0 spiro atoms. The van der Waals surface area contributed by atoms with Crippen LogP contribution in [0.2, 0.25) is 0 Å². The predicted octanol–water partition coefficient (Wildman–Crippen LogP) is 6.06. The molecule has 7 rings (SSSR count). The first-order valence-corrected chi connectivity index (χ1v) is 10.9. The van der Waals surface area contributed by atoms with Crippen molar-refractivity contribution < 1.29 is 9.18 Å². The molecule has 1 aromatic heterocycles. The summed E-state index contributed by atoms with van der Waals surface area (Å²) in [6.45, 7) is 2.07. The monoisotopic (exact) mass is 414 g/mol. The Morgan fingerprint density at radius 2 is 1.67 bits per heavy atom. The van der Waals surface area contributed by atoms with Crippen LogP contribution in [0, 0.1) is 11.2 Å². The Morgan fingerprint density at radius 1 is 1.03 bits per heavy atom. The van der Waals surface area contributed by atoms with Crippen LogP contribution in [0.15, 0.2) is 66.7 Å². The van der Waals surface area contributed by atoms with Crippen molar-refractivity contribution >= 4 is 32.6 Å². The molecule has 0 fully saturated rings. The minimum atomic E-state index is -0.587. The van der Waals surface area contributed by atoms with Crippen molar-refractivity contribution in [1.82, 2.24) is 4.98 Å². The molecule has 3 nitrogen and oxygen atoms in total. The molecule has 0 aliphatic heterocycles. The predicted molar refractivity (Wildman–Crippen MR) is 118 cm³/mol. The zero-order valence-electron chi connectivity index (χ0n) is 16.4. The van der Waals surface area contributed by atoms with Gasteiger partial charge in [-0.1, -0.05) is 59.9 Å². The van der Waals surface area contributed by atoms with Crippen LogP contribution in [0.25, 0.3) is 10.2 Å². The second-order valence-electron chi connectivity index (χ2n) is 8.45. The minimum Gasteiger partial charge on any atom is -0.301 e. The van der Waals surface area contributed by atoms with Gasteiger partial charge >= 0.3 is 0 Å². The summed E-state index contributed by atoms with van der Waals surface area (Å²) in [5, 5.41) is 3.57. The van der Waals surface area contributed by atoms with E-state index in [1.54, 1.807) is 6.07 Å². The molecular weight excluding hydrogens is 395 g/mol. The highest BCUT2D eigenvalue weighted by atomic mass is 32.1. The van der Waals surface area contributed by atoms with E-state index in [-0.39, 0.29) is 23.6 Å². The van der Waals surface area contributed by atoms with Gasteiger partial charge in [-0.05, 0) is 53.8 Å². The molecular formula is C25H19FN2OS. The zero-order valence-corrected chi connectivity index (χ0v) is 17.2. The summed E-state index contributed by atoms with van der Waals surface area (Å²) in [5.74, 6) is -0.112. The summed E-state index contributed by atoms with van der Waals surface area (Å²) < 4.78 is 14.3. The van der Waals surface area contributed by atoms with Crippen molar-refractivity contribution in [2.75, 3.05) is 5.32 Å². The number of carbonyl (C=O) groups excluding carboxylic acids is 1. The van der Waals surface area contributed by atoms with E-state index in [9.17, 15) is 9.18 Å². The van der Waals surface area contributed by atoms with Gasteiger partial charge in [-0.3, -0.25) is 4.79 Å². The lowest BCUT2D eigenvalue weighted by molar-refractivity contribution is -0.126. The standard InChI is InChI=1S/C25H19FN2OS/c1-25(23(29)28-24-27-20-11-10-14(26)12-21(20)30-24)13-19-15-6-2-4-8-17(15)22(25)18-9-5-3-7-16(18)19/h2-12,19,22H,13H2,1H3,(H,27,28,29). The molecule has 3 aliphatic carbocycles. The molecule has 148 valence electrons. The van der Waals surface area contributed by atoms with E-state index < -0.39 is 5.41 Å². The third-order valence-corrected chi connectivity index (χ3v) is 7.65. The molecule has 1 heterocycles. The number of hydrogen-bond donors (Lipinski definition) is 1. The molecule has 1 unspecified atom stereocenters. The topological polar surface area (TPSA) is 42.0 Å². The van der Waals surface area contributed by atoms with Crippen LogP contribution in [0.5, 0.6) is 0 Å². The molecule has 4 aromatic rings. The number of carbonyl (C=O) groups is 1. The molecule has 0 saturated carbocycles. The summed E-state index contributed by atoms with van der Waals surface area (Å²) >= 11 is 1.31. The van der Waals surface area contributed by atoms with E-state index >= 15 is 0 Å². The van der Waals surface area contributed by atoms with Gasteiger partial charge < -0.3 is 5.32 Å². The number of benzene rings is 3. The Labute approximate surface area is 177 Å². The van der Waals surface area contributed by atoms with Gasteiger partial charge in [-0.2, -0.15) is 0 Å². The maximum atomic E-state index is 13.6. The van der Waals surface area contributed by atoms with Crippen molar-refractivity contribution in [2.24, 2.45) is 5.41 Å². The molecule has 0 radical (unpaired) electrons. The maximum absolute atomic E-state index is 13.6. The van der Waals surface area contributed by atoms with Crippen molar-refractivity contribution in [3.63, 3.8) is 0 Å². The first-order chi connectivity index (χ1) is 14.5. The zero-order chi connectivity index (χ0) is 20.5. The van der Waals surface area contributed by atoms with Gasteiger partial charge in [-0.25, -0.2) is 9.37 Å². The lowest BCUT2D eigenvalue weighted by atomic mass is 9.52. The first kappa shape index (κ1) is 17.8. The highest BCUT2D eigenvalue weighted by Gasteiger charge is 2.53. The van der Waals surface area contributed by atoms with Crippen LogP contribution in [-0.2, 0) is 4.79 Å². The van der Waals surface area contributed by atoms with E-state index in [1.165, 1.54) is 45.7 Å². The fraction of sp³-hybridized carbons (Fsp3) is 0.200. The molecule has 1 amide bonds. The van der Waals surface area contributed by atoms with Crippen molar-refractivity contribution in [1.29, 1.82) is 0 Å². The molecule has 2 bridgehead atoms. The number of fused-ring (bicyclic) bond motifs is 2. The van der Waals surface area contributed by atoms with Gasteiger partial charge in [0.25, 0.3) is 0 Å². The van der Waals surface area contributed by atoms with Crippen molar-refractivity contribution in [3.8, 4) is 0 Å². The summed E-state index contributed by atoms with van der Waals surface area (Å²) in [5.41, 5.74) is 5.27. The summed E-state index contributed by atoms with van der Waals surface area (Å²) in [6.07, 6.45) is 0.761. The Bertz CT molecular complexity index is 1280. The van der Waals surface area contributed by atoms with Gasteiger partial charge in [0.05, 0.1) is 15.6 Å². The van der Waals surface area contributed by atoms with Crippen molar-refractivity contribution in [2.45, 2.75) is 25.2 Å². The lowest BCUT2D eigenvalue weighted by Crippen LogP contribution is -2.47. The van der Waals surface area contributed by atoms with E-state index in [4.69, 9.17) is 0 Å². The maximum Gasteiger partial charge on any atom is 0.233 e. The second kappa shape index (κ2) is 6.22. The smallest absolute Gasteiger partial charge is 0.233 e. The molecule has 30 heavy (non-hydrogen) atoms. The fourth-order valence-electron chi connectivity index (χ4n) is 5.38. The number of rotatable bonds is 2. The van der Waals surface area contributed by atoms with Crippen molar-refractivity contribution in [3.05, 3.63) is 94.8 Å². The van der Waals surface area contributed by atoms with Crippen LogP contribution >= 0.6 is 11.3 Å². The summed E-state index contributed by atoms with van der Waals surface area (Å²) in [6, 6.07) is 21.5. The third-order valence-electron chi connectivity index (χ3n) is 6.72. The number of anilines is 1. The highest BCUT2D eigenvalue weighted by molar-refractivity contribution is 7.22. The van der Waals surface area contributed by atoms with Crippen LogP contribution in [0.4, 0.5) is 9.52 Å². The minimum absolute atomic E-state index is 0.00160. The Balaban J connectivity index is 1.42. The van der Waals surface area contributed by atoms with Crippen LogP contribution < -0.4 is 5.32 Å². The molecule has 5 heteroatoms. The molecule has 3 aromatic carbocycles. The number of thiazole rings is 1. The number of aromatic nitrogens is 1. The normalized spacial score (nSPS) is 23.8. The largest absolute Gasteiger partial charge is 0.301 e. The second-order valence-corrected chi connectivity index (χ2v) is 9.48. The van der Waals surface area contributed by atoms with Gasteiger partial charge in [0.15, 0.2) is 5.13 Å². The fourth-order valence-corrected chi connectivity index (χ4v) is 6.27. The molecule has 3 aliphatic rings. The van der Waals surface area contributed by atoms with Gasteiger partial charge in [0.1, 0.15) is 5.82 Å². The molecule has 0 saturated heterocycles. The third kappa shape index (κ3) is 2.42. The van der Waals surface area contributed by atoms with Crippen LogP contribution in [0.1, 0.15) is 47.4 Å². The van der Waals surface area contributed by atoms with E-state index in [0.29, 0.717) is 10.6 Å². The number of amides is 1. The van der Waals surface area contributed by atoms with Crippen LogP contribution in [0.3, 0.4) is 0 Å². The lowest BCUT2D eigenvalue weighted by Gasteiger charge is -2.50. The SMILES string of the molecule is CC1(C(=O)Nc2nc3ccc(F)cc3s2)CC2c3ccccc3C1c1ccccc12. The Kier molecular flexibility index (Phi) is 3.69. The van der Waals surface area contributed by atoms with Gasteiger partial charge in [0.2, 0.25) is 5.91 Å². The van der Waals surface area contributed by atoms with Gasteiger partial charge in [0, 0.05) is 11.8 Å². The first-order valence-electron chi connectivity index (χ1n) is 10.1. The quantitative estimate of drug-likeness (QED) is 0.433. The highest BCUT2D eigenvalue weighted by Crippen LogP contribution is 2.61. The van der Waals surface area contributed by atoms with E-state index in [0.717, 1.165) is 11.1 Å². The van der Waals surface area contributed by atoms with E-state index in [2.05, 4.69) is 65.8 Å². The van der Waals surface area contributed by atoms with Gasteiger partial charge in [-0.15, -0.1) is 0 Å². The number of hydrogen-bond acceptors (Lipinski definition) is 3. The molecule has 1 N–H and O–H groups in total. The number of nitrogens with one attached hydrogen (secondary N) is 1. The summed E-state index contributed by atoms with van der Waals surface area (Å²) in [4.78, 5) is 18.1. The number of halogens is 1. The number of nitrogens with zero attached hydrogens (tertiary/aromatic N) is 1. The average molecular weight is 415 g/mol. The summed E-state index contributed by atoms with van der Waals surface area (Å²) in [7, 11) is 0. The van der Waals surface area contributed by atoms with E-state index in [1.807, 2.05) is 0 Å². The molecule has 1 atom stereocenters. The van der Waals surface area contributed by atoms with Crippen LogP contribution in [-0.4, -0.2) is 10.9 Å². The Morgan fingerprint density at radius 3 is 2.33 bits per heavy atom.